The number of carbonyl (C=O) groups is 1. The summed E-state index contributed by atoms with van der Waals surface area (Å²) in [6.07, 6.45) is -4.39. The molecule has 0 aliphatic heterocycles. The highest BCUT2D eigenvalue weighted by Crippen LogP contribution is 2.30. The Balaban J connectivity index is 1.64. The van der Waals surface area contributed by atoms with Crippen LogP contribution in [-0.2, 0) is 12.7 Å². The average molecular weight is 411 g/mol. The lowest BCUT2D eigenvalue weighted by molar-refractivity contribution is -0.137. The van der Waals surface area contributed by atoms with Gasteiger partial charge < -0.3 is 10.4 Å². The number of aromatic nitrogens is 2. The van der Waals surface area contributed by atoms with Crippen LogP contribution in [0, 0.1) is 0 Å². The fourth-order valence-corrected chi connectivity index (χ4v) is 3.15. The minimum absolute atomic E-state index is 0.110. The summed E-state index contributed by atoms with van der Waals surface area (Å²) in [5.41, 5.74) is 0.742. The number of carbonyl (C=O) groups excluding carboxylic acids is 1. The number of nitrogens with one attached hydrogen (secondary N) is 1. The number of aromatic hydroxyl groups is 1. The van der Waals surface area contributed by atoms with Gasteiger partial charge in [0.25, 0.3) is 5.91 Å². The quantitative estimate of drug-likeness (QED) is 0.493. The van der Waals surface area contributed by atoms with E-state index in [-0.39, 0.29) is 17.9 Å². The first-order valence-electron chi connectivity index (χ1n) is 9.04. The van der Waals surface area contributed by atoms with Gasteiger partial charge in [-0.1, -0.05) is 36.4 Å². The van der Waals surface area contributed by atoms with Crippen molar-refractivity contribution in [1.82, 2.24) is 9.78 Å². The molecule has 0 bridgehead atoms. The highest BCUT2D eigenvalue weighted by molar-refractivity contribution is 6.09. The van der Waals surface area contributed by atoms with Crippen molar-refractivity contribution in [3.63, 3.8) is 0 Å². The number of phenolic OH excluding ortho intramolecular Hbond substituents is 1. The van der Waals surface area contributed by atoms with Gasteiger partial charge in [0.2, 0.25) is 0 Å². The number of alkyl halides is 3. The normalized spacial score (nSPS) is 11.6. The molecule has 1 amide bonds. The second-order valence-electron chi connectivity index (χ2n) is 6.69. The van der Waals surface area contributed by atoms with Crippen LogP contribution >= 0.6 is 0 Å². The van der Waals surface area contributed by atoms with Crippen LogP contribution < -0.4 is 5.32 Å². The van der Waals surface area contributed by atoms with Crippen molar-refractivity contribution in [2.45, 2.75) is 12.7 Å². The standard InChI is InChI=1S/C22H16F3N3O2/c23-22(24,25)15-11-9-14(10-12-15)13-28-18-7-3-1-5-16(18)20(27-28)26-21(30)17-6-2-4-8-19(17)29/h1-12,29H,13H2,(H,26,27,30). The lowest BCUT2D eigenvalue weighted by Crippen LogP contribution is -2.13. The molecule has 1 aromatic heterocycles. The predicted octanol–water partition coefficient (Wildman–Crippen LogP) is 5.06. The third-order valence-electron chi connectivity index (χ3n) is 4.65. The maximum atomic E-state index is 12.8. The summed E-state index contributed by atoms with van der Waals surface area (Å²) in [5.74, 6) is -0.368. The Morgan fingerprint density at radius 2 is 1.63 bits per heavy atom. The molecule has 0 aliphatic carbocycles. The molecule has 0 saturated heterocycles. The number of phenols is 1. The molecule has 0 fully saturated rings. The molecule has 8 heteroatoms. The fraction of sp³-hybridized carbons (Fsp3) is 0.0909. The van der Waals surface area contributed by atoms with Crippen molar-refractivity contribution >= 4 is 22.6 Å². The van der Waals surface area contributed by atoms with Gasteiger partial charge in [-0.25, -0.2) is 0 Å². The summed E-state index contributed by atoms with van der Waals surface area (Å²) >= 11 is 0. The summed E-state index contributed by atoms with van der Waals surface area (Å²) < 4.78 is 39.9. The molecule has 0 unspecified atom stereocenters. The summed E-state index contributed by atoms with van der Waals surface area (Å²) in [7, 11) is 0. The molecule has 2 N–H and O–H groups in total. The molecular weight excluding hydrogens is 395 g/mol. The predicted molar refractivity (Wildman–Crippen MR) is 106 cm³/mol. The summed E-state index contributed by atoms with van der Waals surface area (Å²) in [6, 6.07) is 18.2. The van der Waals surface area contributed by atoms with Crippen molar-refractivity contribution in [3.8, 4) is 5.75 Å². The first kappa shape index (κ1) is 19.5. The van der Waals surface area contributed by atoms with E-state index in [4.69, 9.17) is 0 Å². The average Bonchev–Trinajstić information content (AvgIpc) is 3.05. The third-order valence-corrected chi connectivity index (χ3v) is 4.65. The van der Waals surface area contributed by atoms with Gasteiger partial charge in [0.15, 0.2) is 5.82 Å². The van der Waals surface area contributed by atoms with Crippen LogP contribution in [-0.4, -0.2) is 20.8 Å². The molecule has 1 heterocycles. The number of hydrogen-bond donors (Lipinski definition) is 2. The molecule has 0 aliphatic rings. The van der Waals surface area contributed by atoms with E-state index in [2.05, 4.69) is 10.4 Å². The maximum Gasteiger partial charge on any atom is 0.416 e. The number of anilines is 1. The Morgan fingerprint density at radius 3 is 2.33 bits per heavy atom. The number of para-hydroxylation sites is 2. The van der Waals surface area contributed by atoms with Crippen LogP contribution in [0.1, 0.15) is 21.5 Å². The second-order valence-corrected chi connectivity index (χ2v) is 6.69. The van der Waals surface area contributed by atoms with Crippen molar-refractivity contribution in [1.29, 1.82) is 0 Å². The number of nitrogens with zero attached hydrogens (tertiary/aromatic N) is 2. The van der Waals surface area contributed by atoms with Gasteiger partial charge >= 0.3 is 6.18 Å². The fourth-order valence-electron chi connectivity index (χ4n) is 3.15. The molecule has 152 valence electrons. The number of amides is 1. The first-order chi connectivity index (χ1) is 14.3. The van der Waals surface area contributed by atoms with Crippen LogP contribution in [0.15, 0.2) is 72.8 Å². The number of rotatable bonds is 4. The van der Waals surface area contributed by atoms with Crippen molar-refractivity contribution in [2.24, 2.45) is 0 Å². The van der Waals surface area contributed by atoms with Crippen molar-refractivity contribution < 1.29 is 23.1 Å². The van der Waals surface area contributed by atoms with E-state index in [1.54, 1.807) is 28.9 Å². The van der Waals surface area contributed by atoms with Crippen molar-refractivity contribution in [3.05, 3.63) is 89.5 Å². The van der Waals surface area contributed by atoms with Crippen LogP contribution in [0.4, 0.5) is 19.0 Å². The number of halogens is 3. The van der Waals surface area contributed by atoms with E-state index in [9.17, 15) is 23.1 Å². The number of hydrogen-bond acceptors (Lipinski definition) is 3. The Morgan fingerprint density at radius 1 is 0.967 bits per heavy atom. The number of fused-ring (bicyclic) bond motifs is 1. The van der Waals surface area contributed by atoms with Gasteiger partial charge in [-0.3, -0.25) is 9.48 Å². The Hall–Kier alpha value is -3.81. The highest BCUT2D eigenvalue weighted by atomic mass is 19.4. The van der Waals surface area contributed by atoms with Crippen LogP contribution in [0.3, 0.4) is 0 Å². The van der Waals surface area contributed by atoms with Gasteiger partial charge in [-0.05, 0) is 42.0 Å². The third kappa shape index (κ3) is 3.84. The molecular formula is C22H16F3N3O2. The number of benzene rings is 3. The lowest BCUT2D eigenvalue weighted by Gasteiger charge is -2.08. The van der Waals surface area contributed by atoms with E-state index in [0.29, 0.717) is 22.3 Å². The Bertz CT molecular complexity index is 1210. The molecule has 5 nitrogen and oxygen atoms in total. The van der Waals surface area contributed by atoms with E-state index < -0.39 is 17.6 Å². The Labute approximate surface area is 169 Å². The zero-order valence-electron chi connectivity index (χ0n) is 15.5. The van der Waals surface area contributed by atoms with Crippen LogP contribution in [0.25, 0.3) is 10.9 Å². The topological polar surface area (TPSA) is 67.2 Å². The highest BCUT2D eigenvalue weighted by Gasteiger charge is 2.30. The minimum Gasteiger partial charge on any atom is -0.507 e. The monoisotopic (exact) mass is 411 g/mol. The van der Waals surface area contributed by atoms with Crippen LogP contribution in [0.5, 0.6) is 5.75 Å². The van der Waals surface area contributed by atoms with Gasteiger partial charge in [-0.15, -0.1) is 0 Å². The van der Waals surface area contributed by atoms with Gasteiger partial charge in [0.1, 0.15) is 5.75 Å². The molecule has 0 spiro atoms. The summed E-state index contributed by atoms with van der Waals surface area (Å²) in [5, 5.41) is 17.7. The van der Waals surface area contributed by atoms with Crippen molar-refractivity contribution in [2.75, 3.05) is 5.32 Å². The second kappa shape index (κ2) is 7.55. The summed E-state index contributed by atoms with van der Waals surface area (Å²) in [4.78, 5) is 12.6. The zero-order valence-corrected chi connectivity index (χ0v) is 15.5. The van der Waals surface area contributed by atoms with E-state index in [1.807, 2.05) is 12.1 Å². The smallest absolute Gasteiger partial charge is 0.416 e. The zero-order chi connectivity index (χ0) is 21.3. The van der Waals surface area contributed by atoms with Gasteiger partial charge in [-0.2, -0.15) is 18.3 Å². The van der Waals surface area contributed by atoms with E-state index in [1.165, 1.54) is 24.3 Å². The summed E-state index contributed by atoms with van der Waals surface area (Å²) in [6.45, 7) is 0.227. The molecule has 4 rings (SSSR count). The molecule has 0 saturated carbocycles. The molecule has 0 atom stereocenters. The van der Waals surface area contributed by atoms with Crippen LogP contribution in [0.2, 0.25) is 0 Å². The largest absolute Gasteiger partial charge is 0.507 e. The maximum absolute atomic E-state index is 12.8. The van der Waals surface area contributed by atoms with E-state index in [0.717, 1.165) is 12.1 Å². The first-order valence-corrected chi connectivity index (χ1v) is 9.04. The molecule has 3 aromatic carbocycles. The minimum atomic E-state index is -4.39. The van der Waals surface area contributed by atoms with Gasteiger partial charge in [0, 0.05) is 5.39 Å². The van der Waals surface area contributed by atoms with Gasteiger partial charge in [0.05, 0.1) is 23.2 Å². The molecule has 30 heavy (non-hydrogen) atoms. The molecule has 0 radical (unpaired) electrons. The Kier molecular flexibility index (Phi) is 4.91. The lowest BCUT2D eigenvalue weighted by atomic mass is 10.1. The SMILES string of the molecule is O=C(Nc1nn(Cc2ccc(C(F)(F)F)cc2)c2ccccc12)c1ccccc1O. The molecule has 4 aromatic rings. The van der Waals surface area contributed by atoms with E-state index >= 15 is 0 Å².